The SMILES string of the molecule is COCO[C@@H]1C[C@@](C)(C2CCCCC2)C(=O)[C@H](C)C23CCC(OC)C2[C@@]1(C)[C@H](C)CC3. The first kappa shape index (κ1) is 23.7. The lowest BCUT2D eigenvalue weighted by Gasteiger charge is -2.63. The maximum atomic E-state index is 14.4. The number of Topliss-reactive ketones (excluding diaryl/α,β-unsaturated/α-hetero) is 1. The fraction of sp³-hybridized carbons (Fsp3) is 0.963. The highest BCUT2D eigenvalue weighted by molar-refractivity contribution is 5.88. The Kier molecular flexibility index (Phi) is 6.67. The molecular weight excluding hydrogens is 388 g/mol. The van der Waals surface area contributed by atoms with Crippen LogP contribution in [-0.2, 0) is 19.0 Å². The van der Waals surface area contributed by atoms with E-state index in [0.717, 1.165) is 25.7 Å². The summed E-state index contributed by atoms with van der Waals surface area (Å²) < 4.78 is 18.1. The van der Waals surface area contributed by atoms with E-state index in [0.29, 0.717) is 30.3 Å². The summed E-state index contributed by atoms with van der Waals surface area (Å²) in [4.78, 5) is 14.4. The Hall–Kier alpha value is -0.450. The van der Waals surface area contributed by atoms with Crippen LogP contribution in [-0.4, -0.2) is 39.0 Å². The molecule has 4 aliphatic rings. The third-order valence-corrected chi connectivity index (χ3v) is 11.0. The van der Waals surface area contributed by atoms with Crippen LogP contribution in [0, 0.1) is 39.9 Å². The van der Waals surface area contributed by atoms with Crippen LogP contribution in [0.2, 0.25) is 0 Å². The molecule has 0 spiro atoms. The molecule has 31 heavy (non-hydrogen) atoms. The smallest absolute Gasteiger partial charge is 0.146 e. The second-order valence-corrected chi connectivity index (χ2v) is 11.9. The van der Waals surface area contributed by atoms with Gasteiger partial charge < -0.3 is 14.2 Å². The molecule has 178 valence electrons. The van der Waals surface area contributed by atoms with Crippen molar-refractivity contribution in [1.29, 1.82) is 0 Å². The second-order valence-electron chi connectivity index (χ2n) is 11.9. The zero-order valence-electron chi connectivity index (χ0n) is 20.9. The number of carbonyl (C=O) groups is 1. The number of rotatable bonds is 5. The molecule has 4 nitrogen and oxygen atoms in total. The zero-order valence-corrected chi connectivity index (χ0v) is 20.9. The number of ether oxygens (including phenoxy) is 3. The maximum absolute atomic E-state index is 14.4. The minimum absolute atomic E-state index is 0.0150. The van der Waals surface area contributed by atoms with Crippen molar-refractivity contribution >= 4 is 5.78 Å². The quantitative estimate of drug-likeness (QED) is 0.496. The third-order valence-electron chi connectivity index (χ3n) is 11.0. The van der Waals surface area contributed by atoms with E-state index in [2.05, 4.69) is 27.7 Å². The predicted molar refractivity (Wildman–Crippen MR) is 123 cm³/mol. The average molecular weight is 435 g/mol. The number of ketones is 1. The summed E-state index contributed by atoms with van der Waals surface area (Å²) in [6.45, 7) is 9.77. The van der Waals surface area contributed by atoms with Crippen LogP contribution < -0.4 is 0 Å². The van der Waals surface area contributed by atoms with Gasteiger partial charge in [-0.1, -0.05) is 47.0 Å². The van der Waals surface area contributed by atoms with Crippen molar-refractivity contribution in [3.8, 4) is 0 Å². The molecular formula is C27H46O4. The van der Waals surface area contributed by atoms with Gasteiger partial charge >= 0.3 is 0 Å². The van der Waals surface area contributed by atoms with Crippen LogP contribution in [0.25, 0.3) is 0 Å². The normalized spacial score (nSPS) is 48.8. The van der Waals surface area contributed by atoms with Gasteiger partial charge in [0, 0.05) is 31.0 Å². The fourth-order valence-electron chi connectivity index (χ4n) is 8.94. The molecule has 0 saturated heterocycles. The summed E-state index contributed by atoms with van der Waals surface area (Å²) in [7, 11) is 3.58. The number of carbonyl (C=O) groups excluding carboxylic acids is 1. The summed E-state index contributed by atoms with van der Waals surface area (Å²) in [5, 5.41) is 0. The van der Waals surface area contributed by atoms with Gasteiger partial charge in [-0.3, -0.25) is 4.79 Å². The lowest BCUT2D eigenvalue weighted by atomic mass is 9.43. The molecule has 4 fully saturated rings. The first-order chi connectivity index (χ1) is 14.8. The van der Waals surface area contributed by atoms with Crippen LogP contribution >= 0.6 is 0 Å². The van der Waals surface area contributed by atoms with Crippen molar-refractivity contribution in [2.75, 3.05) is 21.0 Å². The van der Waals surface area contributed by atoms with Crippen molar-refractivity contribution < 1.29 is 19.0 Å². The molecule has 0 aromatic heterocycles. The molecule has 0 heterocycles. The molecule has 0 amide bonds. The molecule has 2 bridgehead atoms. The molecule has 0 N–H and O–H groups in total. The Morgan fingerprint density at radius 1 is 0.968 bits per heavy atom. The lowest BCUT2D eigenvalue weighted by Crippen LogP contribution is -2.63. The minimum Gasteiger partial charge on any atom is -0.381 e. The Morgan fingerprint density at radius 2 is 1.65 bits per heavy atom. The Morgan fingerprint density at radius 3 is 2.29 bits per heavy atom. The van der Waals surface area contributed by atoms with Gasteiger partial charge in [0.25, 0.3) is 0 Å². The molecule has 0 aromatic carbocycles. The lowest BCUT2D eigenvalue weighted by molar-refractivity contribution is -0.223. The topological polar surface area (TPSA) is 44.8 Å². The molecule has 8 atom stereocenters. The summed E-state index contributed by atoms with van der Waals surface area (Å²) in [5.41, 5.74) is -0.275. The van der Waals surface area contributed by atoms with Crippen LogP contribution in [0.5, 0.6) is 0 Å². The van der Waals surface area contributed by atoms with Crippen molar-refractivity contribution in [1.82, 2.24) is 0 Å². The predicted octanol–water partition coefficient (Wildman–Crippen LogP) is 6.02. The monoisotopic (exact) mass is 434 g/mol. The molecule has 0 aliphatic heterocycles. The highest BCUT2D eigenvalue weighted by Gasteiger charge is 2.68. The highest BCUT2D eigenvalue weighted by atomic mass is 16.7. The summed E-state index contributed by atoms with van der Waals surface area (Å²) >= 11 is 0. The van der Waals surface area contributed by atoms with Crippen LogP contribution in [0.3, 0.4) is 0 Å². The summed E-state index contributed by atoms with van der Waals surface area (Å²) in [6.07, 6.45) is 11.8. The zero-order chi connectivity index (χ0) is 22.4. The molecule has 4 heteroatoms. The van der Waals surface area contributed by atoms with Crippen molar-refractivity contribution in [3.63, 3.8) is 0 Å². The van der Waals surface area contributed by atoms with Gasteiger partial charge in [0.15, 0.2) is 0 Å². The van der Waals surface area contributed by atoms with E-state index in [4.69, 9.17) is 14.2 Å². The Labute approximate surface area is 190 Å². The fourth-order valence-corrected chi connectivity index (χ4v) is 8.94. The standard InChI is InChI=1S/C27H46O4/c1-18-12-14-27-15-13-21(30-6)23(27)26(18,4)22(31-17-29-5)16-25(3,24(28)19(27)2)20-10-8-7-9-11-20/h18-23H,7-17H2,1-6H3/t18-,19+,21?,22-,23?,25+,26+,27?/m1/s1. The molecule has 0 aromatic rings. The summed E-state index contributed by atoms with van der Waals surface area (Å²) in [5.74, 6) is 2.00. The van der Waals surface area contributed by atoms with Gasteiger partial charge in [0.2, 0.25) is 0 Å². The molecule has 4 rings (SSSR count). The van der Waals surface area contributed by atoms with E-state index in [-0.39, 0.29) is 34.4 Å². The average Bonchev–Trinajstić information content (AvgIpc) is 3.19. The van der Waals surface area contributed by atoms with Gasteiger partial charge in [-0.25, -0.2) is 0 Å². The van der Waals surface area contributed by atoms with Gasteiger partial charge in [-0.15, -0.1) is 0 Å². The Bertz CT molecular complexity index is 658. The maximum Gasteiger partial charge on any atom is 0.146 e. The van der Waals surface area contributed by atoms with Crippen LogP contribution in [0.1, 0.15) is 91.9 Å². The van der Waals surface area contributed by atoms with Gasteiger partial charge in [-0.05, 0) is 68.1 Å². The van der Waals surface area contributed by atoms with Crippen molar-refractivity contribution in [2.24, 2.45) is 39.9 Å². The number of hydrogen-bond donors (Lipinski definition) is 0. The van der Waals surface area contributed by atoms with E-state index in [9.17, 15) is 4.79 Å². The largest absolute Gasteiger partial charge is 0.381 e. The number of hydrogen-bond acceptors (Lipinski definition) is 4. The molecule has 4 aliphatic carbocycles. The van der Waals surface area contributed by atoms with Crippen LogP contribution in [0.4, 0.5) is 0 Å². The Balaban J connectivity index is 1.85. The minimum atomic E-state index is -0.306. The van der Waals surface area contributed by atoms with Crippen LogP contribution in [0.15, 0.2) is 0 Å². The number of methoxy groups -OCH3 is 2. The first-order valence-corrected chi connectivity index (χ1v) is 12.9. The second kappa shape index (κ2) is 8.72. The van der Waals surface area contributed by atoms with Gasteiger partial charge in [0.1, 0.15) is 12.6 Å². The molecule has 0 radical (unpaired) electrons. The third kappa shape index (κ3) is 3.46. The van der Waals surface area contributed by atoms with E-state index in [1.165, 1.54) is 38.5 Å². The van der Waals surface area contributed by atoms with Crippen molar-refractivity contribution in [3.05, 3.63) is 0 Å². The first-order valence-electron chi connectivity index (χ1n) is 12.9. The highest BCUT2D eigenvalue weighted by Crippen LogP contribution is 2.69. The van der Waals surface area contributed by atoms with Crippen molar-refractivity contribution in [2.45, 2.75) is 104 Å². The summed E-state index contributed by atoms with van der Waals surface area (Å²) in [6, 6.07) is 0. The van der Waals surface area contributed by atoms with Gasteiger partial charge in [0.05, 0.1) is 12.2 Å². The van der Waals surface area contributed by atoms with E-state index in [1.807, 2.05) is 7.11 Å². The van der Waals surface area contributed by atoms with E-state index >= 15 is 0 Å². The van der Waals surface area contributed by atoms with E-state index in [1.54, 1.807) is 7.11 Å². The van der Waals surface area contributed by atoms with E-state index < -0.39 is 0 Å². The molecule has 4 saturated carbocycles. The van der Waals surface area contributed by atoms with Gasteiger partial charge in [-0.2, -0.15) is 0 Å². The molecule has 3 unspecified atom stereocenters.